The van der Waals surface area contributed by atoms with Crippen LogP contribution in [0.25, 0.3) is 0 Å². The number of pyridine rings is 1. The predicted octanol–water partition coefficient (Wildman–Crippen LogP) is 3.07. The van der Waals surface area contributed by atoms with E-state index >= 15 is 0 Å². The third-order valence-corrected chi connectivity index (χ3v) is 3.72. The van der Waals surface area contributed by atoms with Crippen molar-refractivity contribution < 1.29 is 9.47 Å². The van der Waals surface area contributed by atoms with Crippen molar-refractivity contribution >= 4 is 0 Å². The molecule has 1 fully saturated rings. The number of aromatic nitrogens is 1. The largest absolute Gasteiger partial charge is 0.489 e. The van der Waals surface area contributed by atoms with Gasteiger partial charge in [-0.1, -0.05) is 0 Å². The molecule has 1 aliphatic rings. The summed E-state index contributed by atoms with van der Waals surface area (Å²) in [7, 11) is 0. The molecule has 1 heterocycles. The van der Waals surface area contributed by atoms with Gasteiger partial charge in [0.1, 0.15) is 5.75 Å². The normalized spacial score (nSPS) is 23.4. The van der Waals surface area contributed by atoms with Crippen molar-refractivity contribution in [1.82, 2.24) is 4.98 Å². The van der Waals surface area contributed by atoms with Crippen LogP contribution >= 0.6 is 0 Å². The lowest BCUT2D eigenvalue weighted by molar-refractivity contribution is -0.0282. The van der Waals surface area contributed by atoms with Crippen LogP contribution in [0.15, 0.2) is 18.5 Å². The van der Waals surface area contributed by atoms with Gasteiger partial charge in [0.05, 0.1) is 18.4 Å². The van der Waals surface area contributed by atoms with E-state index in [4.69, 9.17) is 15.2 Å². The Morgan fingerprint density at radius 1 is 1.35 bits per heavy atom. The Balaban J connectivity index is 1.85. The van der Waals surface area contributed by atoms with Crippen LogP contribution in [-0.2, 0) is 4.74 Å². The zero-order chi connectivity index (χ0) is 14.5. The summed E-state index contributed by atoms with van der Waals surface area (Å²) in [6.45, 7) is 6.87. The molecule has 0 saturated heterocycles. The summed E-state index contributed by atoms with van der Waals surface area (Å²) < 4.78 is 11.2. The van der Waals surface area contributed by atoms with E-state index in [1.807, 2.05) is 33.0 Å². The fourth-order valence-corrected chi connectivity index (χ4v) is 2.71. The molecule has 0 aliphatic heterocycles. The molecule has 0 amide bonds. The van der Waals surface area contributed by atoms with Crippen molar-refractivity contribution in [3.8, 4) is 5.75 Å². The maximum atomic E-state index is 6.29. The molecule has 2 rings (SSSR count). The van der Waals surface area contributed by atoms with E-state index in [0.717, 1.165) is 37.2 Å². The van der Waals surface area contributed by atoms with Crippen LogP contribution in [0.4, 0.5) is 0 Å². The summed E-state index contributed by atoms with van der Waals surface area (Å²) in [4.78, 5) is 4.22. The quantitative estimate of drug-likeness (QED) is 0.832. The number of nitrogens with two attached hydrogens (primary N) is 1. The fourth-order valence-electron chi connectivity index (χ4n) is 2.71. The summed E-state index contributed by atoms with van der Waals surface area (Å²) in [6, 6.07) is 2.04. The maximum Gasteiger partial charge on any atom is 0.138 e. The Labute approximate surface area is 121 Å². The van der Waals surface area contributed by atoms with Gasteiger partial charge in [-0.15, -0.1) is 0 Å². The van der Waals surface area contributed by atoms with Gasteiger partial charge in [0.15, 0.2) is 0 Å². The highest BCUT2D eigenvalue weighted by atomic mass is 16.5. The van der Waals surface area contributed by atoms with E-state index in [-0.39, 0.29) is 12.1 Å². The van der Waals surface area contributed by atoms with Crippen LogP contribution in [0.1, 0.15) is 51.6 Å². The van der Waals surface area contributed by atoms with Crippen LogP contribution in [0.3, 0.4) is 0 Å². The average molecular weight is 278 g/mol. The second-order valence-electron chi connectivity index (χ2n) is 5.88. The SMILES string of the molecule is CCOC1CC(CC(N)c2cncc(OC(C)C)c2)C1. The van der Waals surface area contributed by atoms with Crippen LogP contribution in [0.2, 0.25) is 0 Å². The highest BCUT2D eigenvalue weighted by molar-refractivity contribution is 5.26. The Hall–Kier alpha value is -1.13. The van der Waals surface area contributed by atoms with Gasteiger partial charge in [0.2, 0.25) is 0 Å². The first-order valence-electron chi connectivity index (χ1n) is 7.57. The molecule has 112 valence electrons. The van der Waals surface area contributed by atoms with Crippen LogP contribution in [-0.4, -0.2) is 23.8 Å². The lowest BCUT2D eigenvalue weighted by atomic mass is 9.77. The molecule has 1 aliphatic carbocycles. The van der Waals surface area contributed by atoms with Crippen molar-refractivity contribution in [2.24, 2.45) is 11.7 Å². The van der Waals surface area contributed by atoms with E-state index < -0.39 is 0 Å². The summed E-state index contributed by atoms with van der Waals surface area (Å²) in [5.74, 6) is 1.48. The average Bonchev–Trinajstić information content (AvgIpc) is 2.35. The van der Waals surface area contributed by atoms with Gasteiger partial charge in [-0.25, -0.2) is 0 Å². The molecule has 1 atom stereocenters. The van der Waals surface area contributed by atoms with Crippen molar-refractivity contribution in [3.05, 3.63) is 24.0 Å². The Kier molecular flexibility index (Phi) is 5.38. The molecule has 0 bridgehead atoms. The van der Waals surface area contributed by atoms with E-state index in [1.165, 1.54) is 0 Å². The number of hydrogen-bond donors (Lipinski definition) is 1. The highest BCUT2D eigenvalue weighted by Crippen LogP contribution is 2.36. The van der Waals surface area contributed by atoms with E-state index in [9.17, 15) is 0 Å². The van der Waals surface area contributed by atoms with Gasteiger partial charge < -0.3 is 15.2 Å². The lowest BCUT2D eigenvalue weighted by Gasteiger charge is -2.36. The summed E-state index contributed by atoms with van der Waals surface area (Å²) >= 11 is 0. The zero-order valence-corrected chi connectivity index (χ0v) is 12.7. The first-order chi connectivity index (χ1) is 9.58. The zero-order valence-electron chi connectivity index (χ0n) is 12.7. The monoisotopic (exact) mass is 278 g/mol. The first kappa shape index (κ1) is 15.3. The molecule has 0 radical (unpaired) electrons. The molecular formula is C16H26N2O2. The van der Waals surface area contributed by atoms with Crippen molar-refractivity contribution in [1.29, 1.82) is 0 Å². The topological polar surface area (TPSA) is 57.4 Å². The highest BCUT2D eigenvalue weighted by Gasteiger charge is 2.31. The standard InChI is InChI=1S/C16H26N2O2/c1-4-19-14-5-12(6-14)7-16(17)13-8-15(10-18-9-13)20-11(2)3/h8-12,14,16H,4-7,17H2,1-3H3. The van der Waals surface area contributed by atoms with Gasteiger partial charge in [0.25, 0.3) is 0 Å². The minimum atomic E-state index is 0.0331. The summed E-state index contributed by atoms with van der Waals surface area (Å²) in [6.07, 6.45) is 7.46. The van der Waals surface area contributed by atoms with Gasteiger partial charge >= 0.3 is 0 Å². The van der Waals surface area contributed by atoms with Crippen molar-refractivity contribution in [3.63, 3.8) is 0 Å². The molecule has 20 heavy (non-hydrogen) atoms. The molecule has 1 aromatic heterocycles. The summed E-state index contributed by atoms with van der Waals surface area (Å²) in [5.41, 5.74) is 7.35. The van der Waals surface area contributed by atoms with Crippen molar-refractivity contribution in [2.75, 3.05) is 6.61 Å². The smallest absolute Gasteiger partial charge is 0.138 e. The number of ether oxygens (including phenoxy) is 2. The first-order valence-corrected chi connectivity index (χ1v) is 7.57. The molecule has 0 spiro atoms. The molecule has 1 aromatic rings. The second-order valence-corrected chi connectivity index (χ2v) is 5.88. The maximum absolute atomic E-state index is 6.29. The Morgan fingerprint density at radius 3 is 2.75 bits per heavy atom. The Bertz CT molecular complexity index is 417. The number of nitrogens with zero attached hydrogens (tertiary/aromatic N) is 1. The van der Waals surface area contributed by atoms with Crippen molar-refractivity contribution in [2.45, 2.75) is 58.3 Å². The van der Waals surface area contributed by atoms with Crippen LogP contribution < -0.4 is 10.5 Å². The minimum absolute atomic E-state index is 0.0331. The Morgan fingerprint density at radius 2 is 2.10 bits per heavy atom. The fraction of sp³-hybridized carbons (Fsp3) is 0.688. The molecular weight excluding hydrogens is 252 g/mol. The van der Waals surface area contributed by atoms with E-state index in [0.29, 0.717) is 12.0 Å². The minimum Gasteiger partial charge on any atom is -0.489 e. The number of rotatable bonds is 7. The summed E-state index contributed by atoms with van der Waals surface area (Å²) in [5, 5.41) is 0. The van der Waals surface area contributed by atoms with E-state index in [2.05, 4.69) is 4.98 Å². The van der Waals surface area contributed by atoms with Gasteiger partial charge in [0, 0.05) is 18.8 Å². The molecule has 2 N–H and O–H groups in total. The van der Waals surface area contributed by atoms with Gasteiger partial charge in [-0.2, -0.15) is 0 Å². The van der Waals surface area contributed by atoms with Crippen LogP contribution in [0, 0.1) is 5.92 Å². The van der Waals surface area contributed by atoms with E-state index in [1.54, 1.807) is 6.20 Å². The third-order valence-electron chi connectivity index (χ3n) is 3.72. The lowest BCUT2D eigenvalue weighted by Crippen LogP contribution is -2.33. The molecule has 1 saturated carbocycles. The molecule has 4 heteroatoms. The molecule has 1 unspecified atom stereocenters. The number of hydrogen-bond acceptors (Lipinski definition) is 4. The molecule has 4 nitrogen and oxygen atoms in total. The van der Waals surface area contributed by atoms with Crippen LogP contribution in [0.5, 0.6) is 5.75 Å². The predicted molar refractivity (Wildman–Crippen MR) is 79.7 cm³/mol. The third kappa shape index (κ3) is 4.18. The van der Waals surface area contributed by atoms with Gasteiger partial charge in [-0.3, -0.25) is 4.98 Å². The molecule has 0 aromatic carbocycles. The van der Waals surface area contributed by atoms with Gasteiger partial charge in [-0.05, 0) is 57.6 Å². The second kappa shape index (κ2) is 7.04.